The minimum atomic E-state index is -2.75. The van der Waals surface area contributed by atoms with Crippen LogP contribution in [-0.4, -0.2) is 12.7 Å². The molecular formula is C10H10F2O. The number of halogens is 2. The highest BCUT2D eigenvalue weighted by atomic mass is 19.3. The summed E-state index contributed by atoms with van der Waals surface area (Å²) in [5.41, 5.74) is 0.0745. The van der Waals surface area contributed by atoms with Crippen molar-refractivity contribution < 1.29 is 13.5 Å². The van der Waals surface area contributed by atoms with Crippen LogP contribution >= 0.6 is 0 Å². The van der Waals surface area contributed by atoms with Gasteiger partial charge in [0, 0.05) is 12.0 Å². The van der Waals surface area contributed by atoms with E-state index in [9.17, 15) is 8.78 Å². The molecule has 13 heavy (non-hydrogen) atoms. The zero-order valence-electron chi connectivity index (χ0n) is 7.04. The molecule has 0 aromatic heterocycles. The molecule has 0 radical (unpaired) electrons. The van der Waals surface area contributed by atoms with Crippen molar-refractivity contribution in [2.75, 3.05) is 6.61 Å². The molecule has 0 spiro atoms. The van der Waals surface area contributed by atoms with E-state index in [2.05, 4.69) is 0 Å². The van der Waals surface area contributed by atoms with Gasteiger partial charge < -0.3 is 4.74 Å². The van der Waals surface area contributed by atoms with Crippen molar-refractivity contribution in [3.8, 4) is 0 Å². The van der Waals surface area contributed by atoms with Crippen LogP contribution in [0, 0.1) is 0 Å². The van der Waals surface area contributed by atoms with Crippen LogP contribution in [0.2, 0.25) is 0 Å². The second kappa shape index (κ2) is 3.07. The van der Waals surface area contributed by atoms with Crippen molar-refractivity contribution in [3.05, 3.63) is 35.9 Å². The Hall–Kier alpha value is -0.960. The number of benzene rings is 1. The molecule has 1 atom stereocenters. The van der Waals surface area contributed by atoms with E-state index in [4.69, 9.17) is 4.74 Å². The maximum Gasteiger partial charge on any atom is 0.275 e. The molecule has 2 rings (SSSR count). The van der Waals surface area contributed by atoms with E-state index in [0.717, 1.165) is 0 Å². The molecule has 1 fully saturated rings. The highest BCUT2D eigenvalue weighted by Crippen LogP contribution is 2.36. The average molecular weight is 184 g/mol. The van der Waals surface area contributed by atoms with Crippen molar-refractivity contribution in [2.24, 2.45) is 0 Å². The molecule has 3 heteroatoms. The third kappa shape index (κ3) is 2.04. The Kier molecular flexibility index (Phi) is 2.04. The molecule has 1 aromatic rings. The van der Waals surface area contributed by atoms with Crippen molar-refractivity contribution in [2.45, 2.75) is 18.4 Å². The van der Waals surface area contributed by atoms with Crippen LogP contribution < -0.4 is 0 Å². The lowest BCUT2D eigenvalue weighted by Crippen LogP contribution is -2.15. The molecular weight excluding hydrogens is 174 g/mol. The van der Waals surface area contributed by atoms with Gasteiger partial charge in [-0.2, -0.15) is 0 Å². The third-order valence-corrected chi connectivity index (χ3v) is 2.08. The van der Waals surface area contributed by atoms with Gasteiger partial charge in [0.1, 0.15) is 0 Å². The van der Waals surface area contributed by atoms with Crippen LogP contribution in [0.1, 0.15) is 12.0 Å². The highest BCUT2D eigenvalue weighted by Gasteiger charge is 2.39. The monoisotopic (exact) mass is 184 g/mol. The molecule has 1 aliphatic rings. The summed E-state index contributed by atoms with van der Waals surface area (Å²) in [6.07, 6.45) is -0.438. The normalized spacial score (nSPS) is 21.5. The van der Waals surface area contributed by atoms with Gasteiger partial charge in [-0.25, -0.2) is 8.78 Å². The first kappa shape index (κ1) is 8.63. The number of ether oxygens (including phenoxy) is 1. The van der Waals surface area contributed by atoms with Crippen LogP contribution in [0.3, 0.4) is 0 Å². The Labute approximate surface area is 75.3 Å². The number of rotatable bonds is 3. The fourth-order valence-electron chi connectivity index (χ4n) is 1.27. The topological polar surface area (TPSA) is 12.5 Å². The fraction of sp³-hybridized carbons (Fsp3) is 0.400. The molecule has 0 saturated carbocycles. The number of hydrogen-bond acceptors (Lipinski definition) is 1. The molecule has 70 valence electrons. The van der Waals surface area contributed by atoms with Crippen LogP contribution in [-0.2, 0) is 10.7 Å². The quantitative estimate of drug-likeness (QED) is 0.658. The zero-order chi connectivity index (χ0) is 9.31. The molecule has 1 aliphatic heterocycles. The van der Waals surface area contributed by atoms with E-state index in [0.29, 0.717) is 6.61 Å². The highest BCUT2D eigenvalue weighted by molar-refractivity contribution is 5.20. The lowest BCUT2D eigenvalue weighted by atomic mass is 10.0. The Morgan fingerprint density at radius 2 is 1.92 bits per heavy atom. The van der Waals surface area contributed by atoms with Crippen molar-refractivity contribution in [1.82, 2.24) is 0 Å². The minimum absolute atomic E-state index is 0.0745. The molecule has 0 aliphatic carbocycles. The van der Waals surface area contributed by atoms with E-state index in [1.54, 1.807) is 18.2 Å². The summed E-state index contributed by atoms with van der Waals surface area (Å²) >= 11 is 0. The summed E-state index contributed by atoms with van der Waals surface area (Å²) in [5, 5.41) is 0. The first-order valence-corrected chi connectivity index (χ1v) is 4.23. The number of alkyl halides is 2. The Morgan fingerprint density at radius 1 is 1.31 bits per heavy atom. The van der Waals surface area contributed by atoms with Crippen molar-refractivity contribution >= 4 is 0 Å². The predicted molar refractivity (Wildman–Crippen MR) is 44.7 cm³/mol. The van der Waals surface area contributed by atoms with Gasteiger partial charge in [-0.15, -0.1) is 0 Å². The van der Waals surface area contributed by atoms with Gasteiger partial charge >= 0.3 is 0 Å². The maximum absolute atomic E-state index is 13.4. The molecule has 1 aromatic carbocycles. The molecule has 1 nitrogen and oxygen atoms in total. The summed E-state index contributed by atoms with van der Waals surface area (Å²) in [4.78, 5) is 0. The first-order valence-electron chi connectivity index (χ1n) is 4.23. The lowest BCUT2D eigenvalue weighted by Gasteiger charge is -2.14. The van der Waals surface area contributed by atoms with E-state index in [1.165, 1.54) is 12.1 Å². The maximum atomic E-state index is 13.4. The second-order valence-electron chi connectivity index (χ2n) is 3.23. The summed E-state index contributed by atoms with van der Waals surface area (Å²) in [5.74, 6) is -2.75. The molecule has 0 unspecified atom stereocenters. The van der Waals surface area contributed by atoms with E-state index in [-0.39, 0.29) is 18.1 Å². The van der Waals surface area contributed by atoms with Gasteiger partial charge in [-0.1, -0.05) is 30.3 Å². The lowest BCUT2D eigenvalue weighted by molar-refractivity contribution is -0.0198. The van der Waals surface area contributed by atoms with Crippen LogP contribution in [0.4, 0.5) is 8.78 Å². The summed E-state index contributed by atoms with van der Waals surface area (Å²) < 4.78 is 31.5. The summed E-state index contributed by atoms with van der Waals surface area (Å²) in [7, 11) is 0. The Morgan fingerprint density at radius 3 is 2.46 bits per heavy atom. The van der Waals surface area contributed by atoms with Gasteiger partial charge in [-0.05, 0) is 0 Å². The standard InChI is InChI=1S/C10H10F2O/c11-10(12,6-9-7-13-9)8-4-2-1-3-5-8/h1-5,9H,6-7H2/t9-/m1/s1. The largest absolute Gasteiger partial charge is 0.373 e. The van der Waals surface area contributed by atoms with E-state index >= 15 is 0 Å². The van der Waals surface area contributed by atoms with E-state index < -0.39 is 5.92 Å². The van der Waals surface area contributed by atoms with Crippen LogP contribution in [0.25, 0.3) is 0 Å². The Balaban J connectivity index is 2.12. The van der Waals surface area contributed by atoms with Crippen LogP contribution in [0.15, 0.2) is 30.3 Å². The summed E-state index contributed by atoms with van der Waals surface area (Å²) in [6.45, 7) is 0.475. The Bertz CT molecular complexity index is 280. The second-order valence-corrected chi connectivity index (χ2v) is 3.23. The zero-order valence-corrected chi connectivity index (χ0v) is 7.04. The molecule has 1 heterocycles. The van der Waals surface area contributed by atoms with Crippen molar-refractivity contribution in [3.63, 3.8) is 0 Å². The van der Waals surface area contributed by atoms with Gasteiger partial charge in [0.2, 0.25) is 0 Å². The van der Waals surface area contributed by atoms with E-state index in [1.807, 2.05) is 0 Å². The molecule has 0 N–H and O–H groups in total. The fourth-order valence-corrected chi connectivity index (χ4v) is 1.27. The SMILES string of the molecule is FC(F)(C[C@@H]1CO1)c1ccccc1. The van der Waals surface area contributed by atoms with Gasteiger partial charge in [0.15, 0.2) is 0 Å². The third-order valence-electron chi connectivity index (χ3n) is 2.08. The van der Waals surface area contributed by atoms with Gasteiger partial charge in [-0.3, -0.25) is 0 Å². The first-order chi connectivity index (χ1) is 6.18. The number of hydrogen-bond donors (Lipinski definition) is 0. The minimum Gasteiger partial charge on any atom is -0.373 e. The average Bonchev–Trinajstić information content (AvgIpc) is 2.89. The number of epoxide rings is 1. The van der Waals surface area contributed by atoms with Crippen molar-refractivity contribution in [1.29, 1.82) is 0 Å². The van der Waals surface area contributed by atoms with Gasteiger partial charge in [0.05, 0.1) is 12.7 Å². The molecule has 0 bridgehead atoms. The molecule has 0 amide bonds. The molecule has 1 saturated heterocycles. The van der Waals surface area contributed by atoms with Gasteiger partial charge in [0.25, 0.3) is 5.92 Å². The smallest absolute Gasteiger partial charge is 0.275 e. The summed E-state index contributed by atoms with van der Waals surface area (Å²) in [6, 6.07) is 7.87. The van der Waals surface area contributed by atoms with Crippen LogP contribution in [0.5, 0.6) is 0 Å². The predicted octanol–water partition coefficient (Wildman–Crippen LogP) is 2.57.